The van der Waals surface area contributed by atoms with E-state index in [-0.39, 0.29) is 36.5 Å². The van der Waals surface area contributed by atoms with Crippen LogP contribution in [0.4, 0.5) is 10.2 Å². The highest BCUT2D eigenvalue weighted by Gasteiger charge is 2.40. The number of hydrogen-bond acceptors (Lipinski definition) is 5. The van der Waals surface area contributed by atoms with Gasteiger partial charge in [0.25, 0.3) is 0 Å². The third kappa shape index (κ3) is 5.76. The van der Waals surface area contributed by atoms with Crippen molar-refractivity contribution in [2.24, 2.45) is 0 Å². The van der Waals surface area contributed by atoms with Crippen LogP contribution in [0.5, 0.6) is 0 Å². The van der Waals surface area contributed by atoms with Crippen LogP contribution in [-0.4, -0.2) is 38.9 Å². The third-order valence-corrected chi connectivity index (χ3v) is 8.10. The fourth-order valence-electron chi connectivity index (χ4n) is 4.69. The lowest BCUT2D eigenvalue weighted by molar-refractivity contribution is -0.123. The fraction of sp³-hybridized carbons (Fsp3) is 0.267. The van der Waals surface area contributed by atoms with Crippen molar-refractivity contribution in [2.45, 2.75) is 38.0 Å². The van der Waals surface area contributed by atoms with Gasteiger partial charge in [-0.25, -0.2) is 9.07 Å². The van der Waals surface area contributed by atoms with Crippen molar-refractivity contribution in [3.05, 3.63) is 106 Å². The van der Waals surface area contributed by atoms with Gasteiger partial charge in [-0.1, -0.05) is 62.7 Å². The van der Waals surface area contributed by atoms with E-state index in [1.165, 1.54) is 28.8 Å². The average molecular weight is 578 g/mol. The smallest absolute Gasteiger partial charge is 0.240 e. The van der Waals surface area contributed by atoms with Crippen LogP contribution in [0.25, 0.3) is 5.69 Å². The Kier molecular flexibility index (Phi) is 7.96. The SMILES string of the molecule is CC(C)(C)c1nn(-c2ccccc2Cl)c2c1C(c1cccc(F)c1)SCC(=O)N2CC(=O)NCc1ccccn1. The molecule has 0 saturated carbocycles. The molecule has 0 saturated heterocycles. The van der Waals surface area contributed by atoms with Gasteiger partial charge in [0.05, 0.1) is 39.6 Å². The number of thioether (sulfide) groups is 1. The maximum Gasteiger partial charge on any atom is 0.240 e. The number of nitrogens with zero attached hydrogens (tertiary/aromatic N) is 4. The Morgan fingerprint density at radius 3 is 2.60 bits per heavy atom. The minimum atomic E-state index is -0.441. The Bertz CT molecular complexity index is 1550. The zero-order chi connectivity index (χ0) is 28.4. The number of aromatic nitrogens is 3. The molecule has 0 spiro atoms. The molecule has 1 N–H and O–H groups in total. The van der Waals surface area contributed by atoms with E-state index in [0.29, 0.717) is 27.8 Å². The Labute approximate surface area is 241 Å². The molecule has 0 fully saturated rings. The monoisotopic (exact) mass is 577 g/mol. The Morgan fingerprint density at radius 1 is 1.12 bits per heavy atom. The Hall–Kier alpha value is -3.69. The molecule has 4 aromatic rings. The number of carbonyl (C=O) groups is 2. The van der Waals surface area contributed by atoms with Crippen LogP contribution in [0.1, 0.15) is 48.5 Å². The Morgan fingerprint density at radius 2 is 1.90 bits per heavy atom. The predicted molar refractivity (Wildman–Crippen MR) is 156 cm³/mol. The minimum absolute atomic E-state index is 0.0927. The van der Waals surface area contributed by atoms with Crippen LogP contribution < -0.4 is 10.2 Å². The van der Waals surface area contributed by atoms with Crippen LogP contribution in [0.2, 0.25) is 5.02 Å². The number of para-hydroxylation sites is 1. The van der Waals surface area contributed by atoms with Gasteiger partial charge in [0, 0.05) is 17.2 Å². The number of nitrogens with one attached hydrogen (secondary N) is 1. The van der Waals surface area contributed by atoms with Gasteiger partial charge in [-0.05, 0) is 42.0 Å². The fourth-order valence-corrected chi connectivity index (χ4v) is 6.09. The molecule has 2 aromatic carbocycles. The van der Waals surface area contributed by atoms with Crippen molar-refractivity contribution < 1.29 is 14.0 Å². The number of benzene rings is 2. The first-order chi connectivity index (χ1) is 19.1. The quantitative estimate of drug-likeness (QED) is 0.311. The molecular formula is C30H29ClFN5O2S. The molecule has 7 nitrogen and oxygen atoms in total. The number of amides is 2. The first-order valence-corrected chi connectivity index (χ1v) is 14.3. The van der Waals surface area contributed by atoms with Crippen LogP contribution in [0.15, 0.2) is 72.9 Å². The molecule has 40 heavy (non-hydrogen) atoms. The first-order valence-electron chi connectivity index (χ1n) is 12.9. The number of rotatable bonds is 6. The van der Waals surface area contributed by atoms with Gasteiger partial charge in [-0.15, -0.1) is 11.8 Å². The van der Waals surface area contributed by atoms with Crippen molar-refractivity contribution in [3.8, 4) is 5.69 Å². The van der Waals surface area contributed by atoms with Gasteiger partial charge in [0.2, 0.25) is 11.8 Å². The number of fused-ring (bicyclic) bond motifs is 1. The lowest BCUT2D eigenvalue weighted by Gasteiger charge is -2.24. The summed E-state index contributed by atoms with van der Waals surface area (Å²) in [5, 5.41) is 7.92. The predicted octanol–water partition coefficient (Wildman–Crippen LogP) is 5.84. The second-order valence-corrected chi connectivity index (χ2v) is 12.0. The van der Waals surface area contributed by atoms with Crippen molar-refractivity contribution in [1.29, 1.82) is 0 Å². The van der Waals surface area contributed by atoms with Crippen LogP contribution in [0, 0.1) is 5.82 Å². The van der Waals surface area contributed by atoms with E-state index in [1.807, 2.05) is 57.2 Å². The molecular weight excluding hydrogens is 549 g/mol. The van der Waals surface area contributed by atoms with Crippen LogP contribution in [-0.2, 0) is 21.5 Å². The number of carbonyl (C=O) groups excluding carboxylic acids is 2. The molecule has 0 aliphatic carbocycles. The molecule has 1 unspecified atom stereocenters. The lowest BCUT2D eigenvalue weighted by Crippen LogP contribution is -2.42. The standard InChI is InChI=1S/C30H29ClFN5O2S/c1-30(2,3)28-26-27(19-9-8-10-20(32)15-19)40-18-25(39)36(17-24(38)34-16-21-11-6-7-14-33-21)29(26)37(35-28)23-13-5-4-12-22(23)31/h4-15,27H,16-18H2,1-3H3,(H,34,38). The molecule has 1 atom stereocenters. The summed E-state index contributed by atoms with van der Waals surface area (Å²) in [6, 6.07) is 19.1. The second-order valence-electron chi connectivity index (χ2n) is 10.5. The maximum atomic E-state index is 14.4. The topological polar surface area (TPSA) is 80.1 Å². The summed E-state index contributed by atoms with van der Waals surface area (Å²) < 4.78 is 16.1. The van der Waals surface area contributed by atoms with E-state index in [1.54, 1.807) is 29.1 Å². The van der Waals surface area contributed by atoms with E-state index in [4.69, 9.17) is 16.7 Å². The zero-order valence-corrected chi connectivity index (χ0v) is 24.0. The van der Waals surface area contributed by atoms with Gasteiger partial charge < -0.3 is 5.32 Å². The summed E-state index contributed by atoms with van der Waals surface area (Å²) in [5.74, 6) is -0.419. The van der Waals surface area contributed by atoms with Crippen molar-refractivity contribution in [1.82, 2.24) is 20.1 Å². The van der Waals surface area contributed by atoms with E-state index in [9.17, 15) is 14.0 Å². The summed E-state index contributed by atoms with van der Waals surface area (Å²) in [6.07, 6.45) is 1.66. The normalized spacial score (nSPS) is 15.5. The largest absolute Gasteiger partial charge is 0.349 e. The highest BCUT2D eigenvalue weighted by Crippen LogP contribution is 2.48. The molecule has 5 rings (SSSR count). The highest BCUT2D eigenvalue weighted by molar-refractivity contribution is 8.00. The van der Waals surface area contributed by atoms with E-state index < -0.39 is 10.7 Å². The number of halogens is 2. The maximum absolute atomic E-state index is 14.4. The highest BCUT2D eigenvalue weighted by atomic mass is 35.5. The average Bonchev–Trinajstić information content (AvgIpc) is 3.26. The summed E-state index contributed by atoms with van der Waals surface area (Å²) in [5.41, 5.74) is 3.04. The second kappa shape index (κ2) is 11.4. The molecule has 0 radical (unpaired) electrons. The Balaban J connectivity index is 1.67. The minimum Gasteiger partial charge on any atom is -0.349 e. The van der Waals surface area contributed by atoms with Crippen molar-refractivity contribution in [2.75, 3.05) is 17.2 Å². The van der Waals surface area contributed by atoms with Gasteiger partial charge in [-0.3, -0.25) is 19.5 Å². The summed E-state index contributed by atoms with van der Waals surface area (Å²) in [4.78, 5) is 32.7. The van der Waals surface area contributed by atoms with E-state index in [2.05, 4.69) is 10.3 Å². The summed E-state index contributed by atoms with van der Waals surface area (Å²) in [7, 11) is 0. The summed E-state index contributed by atoms with van der Waals surface area (Å²) >= 11 is 8.04. The molecule has 2 aromatic heterocycles. The van der Waals surface area contributed by atoms with Gasteiger partial charge in [0.1, 0.15) is 18.2 Å². The molecule has 1 aliphatic rings. The molecule has 3 heterocycles. The van der Waals surface area contributed by atoms with E-state index in [0.717, 1.165) is 11.3 Å². The van der Waals surface area contributed by atoms with Gasteiger partial charge >= 0.3 is 0 Å². The molecule has 0 bridgehead atoms. The van der Waals surface area contributed by atoms with E-state index >= 15 is 0 Å². The number of pyridine rings is 1. The van der Waals surface area contributed by atoms with Gasteiger partial charge in [0.15, 0.2) is 0 Å². The molecule has 2 amide bonds. The van der Waals surface area contributed by atoms with Crippen molar-refractivity contribution in [3.63, 3.8) is 0 Å². The molecule has 206 valence electrons. The number of anilines is 1. The third-order valence-electron chi connectivity index (χ3n) is 6.53. The summed E-state index contributed by atoms with van der Waals surface area (Å²) in [6.45, 7) is 6.12. The van der Waals surface area contributed by atoms with Crippen LogP contribution in [0.3, 0.4) is 0 Å². The van der Waals surface area contributed by atoms with Crippen LogP contribution >= 0.6 is 23.4 Å². The lowest BCUT2D eigenvalue weighted by atomic mass is 9.87. The molecule has 1 aliphatic heterocycles. The zero-order valence-electron chi connectivity index (χ0n) is 22.4. The van der Waals surface area contributed by atoms with Crippen molar-refractivity contribution >= 4 is 41.0 Å². The molecule has 10 heteroatoms. The first kappa shape index (κ1) is 27.9. The van der Waals surface area contributed by atoms with Gasteiger partial charge in [-0.2, -0.15) is 5.10 Å². The number of hydrogen-bond donors (Lipinski definition) is 1.